The van der Waals surface area contributed by atoms with Crippen LogP contribution in [-0.2, 0) is 16.5 Å². The maximum Gasteiger partial charge on any atom is 0.265 e. The molecule has 0 heterocycles. The molecule has 0 fully saturated rings. The molecule has 0 aromatic heterocycles. The molecule has 1 aliphatic rings. The highest BCUT2D eigenvalue weighted by Gasteiger charge is 2.33. The van der Waals surface area contributed by atoms with Crippen LogP contribution in [0.5, 0.6) is 11.5 Å². The van der Waals surface area contributed by atoms with Crippen molar-refractivity contribution in [3.8, 4) is 11.5 Å². The molecule has 0 amide bonds. The first-order valence-corrected chi connectivity index (χ1v) is 9.78. The number of hydrogen-bond donors (Lipinski definition) is 1. The molecular weight excluding hydrogens is 340 g/mol. The van der Waals surface area contributed by atoms with Crippen LogP contribution in [0.4, 0.5) is 0 Å². The number of rotatable bonds is 5. The van der Waals surface area contributed by atoms with Crippen LogP contribution in [-0.4, -0.2) is 32.9 Å². The second-order valence-corrected chi connectivity index (χ2v) is 7.84. The molecule has 0 aliphatic heterocycles. The highest BCUT2D eigenvalue weighted by atomic mass is 32.2. The van der Waals surface area contributed by atoms with Crippen molar-refractivity contribution >= 4 is 10.1 Å². The van der Waals surface area contributed by atoms with Gasteiger partial charge in [0.2, 0.25) is 0 Å². The van der Waals surface area contributed by atoms with Crippen molar-refractivity contribution in [2.24, 2.45) is 0 Å². The third-order valence-corrected chi connectivity index (χ3v) is 5.67. The Morgan fingerprint density at radius 3 is 2.28 bits per heavy atom. The fourth-order valence-electron chi connectivity index (χ4n) is 3.70. The van der Waals surface area contributed by atoms with Gasteiger partial charge < -0.3 is 9.47 Å². The molecule has 2 atom stereocenters. The molecule has 0 saturated heterocycles. The van der Waals surface area contributed by atoms with Gasteiger partial charge in [0.05, 0.1) is 20.0 Å². The molecule has 5 nitrogen and oxygen atoms in total. The van der Waals surface area contributed by atoms with Gasteiger partial charge in [-0.2, -0.15) is 8.42 Å². The van der Waals surface area contributed by atoms with Gasteiger partial charge >= 0.3 is 0 Å². The van der Waals surface area contributed by atoms with E-state index in [1.807, 2.05) is 42.5 Å². The van der Waals surface area contributed by atoms with Crippen LogP contribution in [0.2, 0.25) is 0 Å². The Balaban J connectivity index is 2.02. The summed E-state index contributed by atoms with van der Waals surface area (Å²) in [5, 5.41) is 0. The number of ether oxygens (including phenoxy) is 2. The van der Waals surface area contributed by atoms with Gasteiger partial charge in [0.25, 0.3) is 10.1 Å². The van der Waals surface area contributed by atoms with Gasteiger partial charge in [0.1, 0.15) is 11.5 Å². The quantitative estimate of drug-likeness (QED) is 0.825. The molecule has 25 heavy (non-hydrogen) atoms. The summed E-state index contributed by atoms with van der Waals surface area (Å²) in [6.45, 7) is 0. The molecule has 2 aromatic rings. The number of fused-ring (bicyclic) bond motifs is 1. The van der Waals surface area contributed by atoms with Gasteiger partial charge in [-0.1, -0.05) is 18.2 Å². The lowest BCUT2D eigenvalue weighted by molar-refractivity contribution is 0.410. The molecule has 0 radical (unpaired) electrons. The fourth-order valence-corrected chi connectivity index (χ4v) is 4.56. The maximum absolute atomic E-state index is 11.6. The van der Waals surface area contributed by atoms with Crippen molar-refractivity contribution in [3.05, 3.63) is 59.2 Å². The summed E-state index contributed by atoms with van der Waals surface area (Å²) in [4.78, 5) is 0. The fraction of sp³-hybridized carbons (Fsp3) is 0.368. The van der Waals surface area contributed by atoms with Crippen molar-refractivity contribution in [2.45, 2.75) is 24.7 Å². The summed E-state index contributed by atoms with van der Waals surface area (Å²) in [6.07, 6.45) is 1.65. The van der Waals surface area contributed by atoms with Crippen molar-refractivity contribution in [3.63, 3.8) is 0 Å². The van der Waals surface area contributed by atoms with Crippen LogP contribution in [0.1, 0.15) is 34.9 Å². The van der Waals surface area contributed by atoms with E-state index in [-0.39, 0.29) is 17.6 Å². The molecule has 2 aromatic carbocycles. The molecule has 1 aliphatic carbocycles. The summed E-state index contributed by atoms with van der Waals surface area (Å²) >= 11 is 0. The Hall–Kier alpha value is -2.05. The van der Waals surface area contributed by atoms with Gasteiger partial charge in [0, 0.05) is 5.92 Å². The first kappa shape index (κ1) is 17.8. The summed E-state index contributed by atoms with van der Waals surface area (Å²) < 4.78 is 43.2. The highest BCUT2D eigenvalue weighted by molar-refractivity contribution is 7.85. The van der Waals surface area contributed by atoms with Gasteiger partial charge in [-0.05, 0) is 59.7 Å². The van der Waals surface area contributed by atoms with Gasteiger partial charge in [-0.25, -0.2) is 0 Å². The van der Waals surface area contributed by atoms with Gasteiger partial charge in [0.15, 0.2) is 0 Å². The number of aryl methyl sites for hydroxylation is 1. The van der Waals surface area contributed by atoms with Crippen LogP contribution in [0.3, 0.4) is 0 Å². The Kier molecular flexibility index (Phi) is 5.01. The minimum atomic E-state index is -4.09. The lowest BCUT2D eigenvalue weighted by Gasteiger charge is -2.33. The maximum atomic E-state index is 11.6. The molecule has 134 valence electrons. The predicted octanol–water partition coefficient (Wildman–Crippen LogP) is 3.41. The summed E-state index contributed by atoms with van der Waals surface area (Å²) in [6, 6.07) is 13.4. The minimum Gasteiger partial charge on any atom is -0.497 e. The van der Waals surface area contributed by atoms with E-state index in [2.05, 4.69) is 0 Å². The van der Waals surface area contributed by atoms with E-state index in [1.165, 1.54) is 0 Å². The third-order valence-electron chi connectivity index (χ3n) is 4.89. The molecule has 0 saturated carbocycles. The molecule has 0 spiro atoms. The van der Waals surface area contributed by atoms with Crippen molar-refractivity contribution < 1.29 is 22.4 Å². The lowest BCUT2D eigenvalue weighted by Crippen LogP contribution is -2.25. The van der Waals surface area contributed by atoms with Crippen LogP contribution in [0.25, 0.3) is 0 Å². The zero-order valence-corrected chi connectivity index (χ0v) is 15.1. The van der Waals surface area contributed by atoms with E-state index in [0.29, 0.717) is 0 Å². The standard InChI is InChI=1S/C19H22O5S/c1-23-15-6-3-13(4-7-15)17-9-5-14-11-16(24-2)8-10-18(14)19(17)12-25(20,21)22/h3-4,6-8,10-11,17,19H,5,9,12H2,1-2H3,(H,20,21,22). The molecule has 2 unspecified atom stereocenters. The number of hydrogen-bond acceptors (Lipinski definition) is 4. The SMILES string of the molecule is COc1ccc(C2CCc3cc(OC)ccc3C2CS(=O)(=O)O)cc1. The van der Waals surface area contributed by atoms with E-state index in [9.17, 15) is 13.0 Å². The minimum absolute atomic E-state index is 0.0220. The molecule has 6 heteroatoms. The van der Waals surface area contributed by atoms with Crippen LogP contribution in [0, 0.1) is 0 Å². The van der Waals surface area contributed by atoms with Crippen LogP contribution in [0.15, 0.2) is 42.5 Å². The van der Waals surface area contributed by atoms with E-state index >= 15 is 0 Å². The van der Waals surface area contributed by atoms with E-state index in [1.54, 1.807) is 14.2 Å². The van der Waals surface area contributed by atoms with Crippen molar-refractivity contribution in [1.82, 2.24) is 0 Å². The van der Waals surface area contributed by atoms with Crippen LogP contribution < -0.4 is 9.47 Å². The lowest BCUT2D eigenvalue weighted by atomic mass is 9.73. The summed E-state index contributed by atoms with van der Waals surface area (Å²) in [5.74, 6) is 0.957. The monoisotopic (exact) mass is 362 g/mol. The van der Waals surface area contributed by atoms with Crippen molar-refractivity contribution in [1.29, 1.82) is 0 Å². The van der Waals surface area contributed by atoms with E-state index in [4.69, 9.17) is 9.47 Å². The second kappa shape index (κ2) is 7.06. The van der Waals surface area contributed by atoms with E-state index < -0.39 is 10.1 Å². The molecule has 3 rings (SSSR count). The van der Waals surface area contributed by atoms with Crippen molar-refractivity contribution in [2.75, 3.05) is 20.0 Å². The first-order chi connectivity index (χ1) is 11.9. The highest BCUT2D eigenvalue weighted by Crippen LogP contribution is 2.44. The Morgan fingerprint density at radius 2 is 1.68 bits per heavy atom. The normalized spacial score (nSPS) is 20.0. The number of methoxy groups -OCH3 is 2. The van der Waals surface area contributed by atoms with Crippen LogP contribution >= 0.6 is 0 Å². The molecular formula is C19H22O5S. The Labute approximate surface area is 148 Å². The molecule has 0 bridgehead atoms. The zero-order valence-electron chi connectivity index (χ0n) is 14.3. The summed E-state index contributed by atoms with van der Waals surface area (Å²) in [7, 11) is -0.869. The predicted molar refractivity (Wildman–Crippen MR) is 96.2 cm³/mol. The summed E-state index contributed by atoms with van der Waals surface area (Å²) in [5.41, 5.74) is 3.10. The van der Waals surface area contributed by atoms with Gasteiger partial charge in [-0.15, -0.1) is 0 Å². The third kappa shape index (κ3) is 3.96. The first-order valence-electron chi connectivity index (χ1n) is 8.17. The average molecular weight is 362 g/mol. The average Bonchev–Trinajstić information content (AvgIpc) is 2.60. The smallest absolute Gasteiger partial charge is 0.265 e. The molecule has 1 N–H and O–H groups in total. The second-order valence-electron chi connectivity index (χ2n) is 6.34. The Bertz CT molecular complexity index is 843. The Morgan fingerprint density at radius 1 is 1.04 bits per heavy atom. The topological polar surface area (TPSA) is 72.8 Å². The van der Waals surface area contributed by atoms with Gasteiger partial charge in [-0.3, -0.25) is 4.55 Å². The largest absolute Gasteiger partial charge is 0.497 e. The van der Waals surface area contributed by atoms with E-state index in [0.717, 1.165) is 41.0 Å². The number of benzene rings is 2. The zero-order chi connectivity index (χ0) is 18.0.